The van der Waals surface area contributed by atoms with Crippen molar-refractivity contribution in [3.8, 4) is 6.07 Å². The molecule has 0 unspecified atom stereocenters. The fourth-order valence-corrected chi connectivity index (χ4v) is 2.12. The summed E-state index contributed by atoms with van der Waals surface area (Å²) in [6.07, 6.45) is 12.4. The molecular formula is C15H29NO2. The van der Waals surface area contributed by atoms with Crippen LogP contribution >= 0.6 is 0 Å². The number of hydrogen-bond donors (Lipinski definition) is 2. The number of aliphatic hydroxyl groups excluding tert-OH is 2. The maximum absolute atomic E-state index is 9.57. The van der Waals surface area contributed by atoms with Gasteiger partial charge < -0.3 is 10.2 Å². The summed E-state index contributed by atoms with van der Waals surface area (Å²) in [6.45, 7) is 0.183. The number of unbranched alkanes of at least 4 members (excludes halogenated alkanes) is 8. The maximum Gasteiger partial charge on any atom is 0.0621 e. The second-order valence-corrected chi connectivity index (χ2v) is 5.04. The number of nitriles is 1. The highest BCUT2D eigenvalue weighted by molar-refractivity contribution is 4.67. The first kappa shape index (κ1) is 17.4. The Morgan fingerprint density at radius 1 is 0.778 bits per heavy atom. The van der Waals surface area contributed by atoms with Gasteiger partial charge in [-0.3, -0.25) is 0 Å². The van der Waals surface area contributed by atoms with E-state index in [0.717, 1.165) is 25.7 Å². The normalized spacial score (nSPS) is 12.3. The van der Waals surface area contributed by atoms with Crippen molar-refractivity contribution in [2.24, 2.45) is 0 Å². The Morgan fingerprint density at radius 2 is 1.28 bits per heavy atom. The van der Waals surface area contributed by atoms with Gasteiger partial charge in [-0.1, -0.05) is 44.9 Å². The highest BCUT2D eigenvalue weighted by Crippen LogP contribution is 2.12. The van der Waals surface area contributed by atoms with Crippen LogP contribution in [0.1, 0.15) is 77.0 Å². The summed E-state index contributed by atoms with van der Waals surface area (Å²) >= 11 is 0. The molecular weight excluding hydrogens is 226 g/mol. The van der Waals surface area contributed by atoms with Gasteiger partial charge in [0.05, 0.1) is 12.2 Å². The van der Waals surface area contributed by atoms with Crippen LogP contribution in [0.5, 0.6) is 0 Å². The lowest BCUT2D eigenvalue weighted by molar-refractivity contribution is 0.137. The zero-order valence-corrected chi connectivity index (χ0v) is 11.6. The average molecular weight is 255 g/mol. The molecule has 0 aliphatic heterocycles. The van der Waals surface area contributed by atoms with Crippen LogP contribution in [0, 0.1) is 11.3 Å². The monoisotopic (exact) mass is 255 g/mol. The summed E-state index contributed by atoms with van der Waals surface area (Å²) in [7, 11) is 0. The van der Waals surface area contributed by atoms with Crippen molar-refractivity contribution in [1.82, 2.24) is 0 Å². The number of rotatable bonds is 13. The van der Waals surface area contributed by atoms with E-state index in [1.54, 1.807) is 0 Å². The molecule has 18 heavy (non-hydrogen) atoms. The first-order valence-corrected chi connectivity index (χ1v) is 7.47. The molecule has 0 fully saturated rings. The average Bonchev–Trinajstić information content (AvgIpc) is 2.38. The first-order valence-electron chi connectivity index (χ1n) is 7.47. The zero-order chi connectivity index (χ0) is 13.5. The molecule has 2 N–H and O–H groups in total. The summed E-state index contributed by atoms with van der Waals surface area (Å²) in [5.74, 6) is 0. The Morgan fingerprint density at radius 3 is 1.83 bits per heavy atom. The van der Waals surface area contributed by atoms with Gasteiger partial charge in [0, 0.05) is 13.0 Å². The van der Waals surface area contributed by atoms with Gasteiger partial charge in [0.25, 0.3) is 0 Å². The van der Waals surface area contributed by atoms with Crippen LogP contribution in [0.25, 0.3) is 0 Å². The van der Waals surface area contributed by atoms with E-state index in [1.165, 1.54) is 38.5 Å². The smallest absolute Gasteiger partial charge is 0.0621 e. The van der Waals surface area contributed by atoms with E-state index in [0.29, 0.717) is 12.8 Å². The molecule has 0 saturated heterocycles. The molecule has 0 spiro atoms. The van der Waals surface area contributed by atoms with Crippen molar-refractivity contribution < 1.29 is 10.2 Å². The molecule has 3 heteroatoms. The van der Waals surface area contributed by atoms with E-state index in [4.69, 9.17) is 10.4 Å². The topological polar surface area (TPSA) is 64.2 Å². The number of aliphatic hydroxyl groups is 2. The molecule has 0 heterocycles. The molecule has 3 nitrogen and oxygen atoms in total. The lowest BCUT2D eigenvalue weighted by Gasteiger charge is -2.09. The quantitative estimate of drug-likeness (QED) is 0.495. The molecule has 0 aromatic heterocycles. The summed E-state index contributed by atoms with van der Waals surface area (Å²) < 4.78 is 0. The van der Waals surface area contributed by atoms with Gasteiger partial charge in [-0.25, -0.2) is 0 Å². The van der Waals surface area contributed by atoms with Crippen molar-refractivity contribution in [3.63, 3.8) is 0 Å². The molecule has 0 bridgehead atoms. The molecule has 0 saturated carbocycles. The minimum absolute atomic E-state index is 0.183. The molecule has 0 aromatic rings. The maximum atomic E-state index is 9.57. The van der Waals surface area contributed by atoms with E-state index in [1.807, 2.05) is 0 Å². The second kappa shape index (κ2) is 14.5. The van der Waals surface area contributed by atoms with E-state index < -0.39 is 0 Å². The van der Waals surface area contributed by atoms with E-state index in [-0.39, 0.29) is 12.7 Å². The summed E-state index contributed by atoms with van der Waals surface area (Å²) in [6, 6.07) is 2.17. The van der Waals surface area contributed by atoms with Gasteiger partial charge in [0.1, 0.15) is 0 Å². The Hall–Kier alpha value is -0.590. The third-order valence-corrected chi connectivity index (χ3v) is 3.27. The van der Waals surface area contributed by atoms with Crippen LogP contribution in [0.3, 0.4) is 0 Å². The fraction of sp³-hybridized carbons (Fsp3) is 0.933. The number of hydrogen-bond acceptors (Lipinski definition) is 3. The highest BCUT2D eigenvalue weighted by atomic mass is 16.3. The molecule has 0 aliphatic rings. The summed E-state index contributed by atoms with van der Waals surface area (Å²) in [4.78, 5) is 0. The molecule has 106 valence electrons. The molecule has 0 aliphatic carbocycles. The predicted octanol–water partition coefficient (Wildman–Crippen LogP) is 3.54. The Kier molecular flexibility index (Phi) is 14.0. The Balaban J connectivity index is 3.05. The van der Waals surface area contributed by atoms with E-state index >= 15 is 0 Å². The molecule has 0 aromatic carbocycles. The van der Waals surface area contributed by atoms with Crippen LogP contribution in [-0.2, 0) is 0 Å². The van der Waals surface area contributed by atoms with Gasteiger partial charge in [0.15, 0.2) is 0 Å². The standard InChI is InChI=1S/C15H29NO2/c16-13-9-7-5-3-1-2-4-6-8-11-15(18)12-10-14-17/h15,17-18H,1-12,14H2/t15-/m0/s1. The van der Waals surface area contributed by atoms with Crippen molar-refractivity contribution in [3.05, 3.63) is 0 Å². The lowest BCUT2D eigenvalue weighted by atomic mass is 10.0. The van der Waals surface area contributed by atoms with Gasteiger partial charge in [-0.15, -0.1) is 0 Å². The van der Waals surface area contributed by atoms with Crippen molar-refractivity contribution in [2.45, 2.75) is 83.2 Å². The van der Waals surface area contributed by atoms with Gasteiger partial charge >= 0.3 is 0 Å². The molecule has 0 radical (unpaired) electrons. The van der Waals surface area contributed by atoms with Gasteiger partial charge in [-0.2, -0.15) is 5.26 Å². The SMILES string of the molecule is N#CCCCCCCCCCC[C@H](O)CCCO. The van der Waals surface area contributed by atoms with E-state index in [9.17, 15) is 5.11 Å². The van der Waals surface area contributed by atoms with E-state index in [2.05, 4.69) is 6.07 Å². The molecule has 0 amide bonds. The minimum Gasteiger partial charge on any atom is -0.396 e. The molecule has 1 atom stereocenters. The van der Waals surface area contributed by atoms with Gasteiger partial charge in [-0.05, 0) is 25.7 Å². The molecule has 0 rings (SSSR count). The van der Waals surface area contributed by atoms with Gasteiger partial charge in [0.2, 0.25) is 0 Å². The van der Waals surface area contributed by atoms with Crippen molar-refractivity contribution >= 4 is 0 Å². The second-order valence-electron chi connectivity index (χ2n) is 5.04. The van der Waals surface area contributed by atoms with Crippen LogP contribution in [0.15, 0.2) is 0 Å². The third-order valence-electron chi connectivity index (χ3n) is 3.27. The number of nitrogens with zero attached hydrogens (tertiary/aromatic N) is 1. The van der Waals surface area contributed by atoms with Crippen LogP contribution < -0.4 is 0 Å². The highest BCUT2D eigenvalue weighted by Gasteiger charge is 2.02. The van der Waals surface area contributed by atoms with Crippen LogP contribution in [0.2, 0.25) is 0 Å². The third kappa shape index (κ3) is 13.5. The summed E-state index contributed by atoms with van der Waals surface area (Å²) in [5, 5.41) is 26.6. The lowest BCUT2D eigenvalue weighted by Crippen LogP contribution is -2.06. The zero-order valence-electron chi connectivity index (χ0n) is 11.6. The van der Waals surface area contributed by atoms with Crippen molar-refractivity contribution in [2.75, 3.05) is 6.61 Å². The summed E-state index contributed by atoms with van der Waals surface area (Å²) in [5.41, 5.74) is 0. The van der Waals surface area contributed by atoms with Crippen LogP contribution in [-0.4, -0.2) is 22.9 Å². The largest absolute Gasteiger partial charge is 0.396 e. The predicted molar refractivity (Wildman–Crippen MR) is 74.1 cm³/mol. The first-order chi connectivity index (χ1) is 8.81. The fourth-order valence-electron chi connectivity index (χ4n) is 2.12. The Labute approximate surface area is 112 Å². The minimum atomic E-state index is -0.219. The van der Waals surface area contributed by atoms with Crippen LogP contribution in [0.4, 0.5) is 0 Å². The van der Waals surface area contributed by atoms with Crippen molar-refractivity contribution in [1.29, 1.82) is 5.26 Å². The Bertz CT molecular complexity index is 201.